The van der Waals surface area contributed by atoms with Gasteiger partial charge in [-0.2, -0.15) is 0 Å². The van der Waals surface area contributed by atoms with Crippen molar-refractivity contribution in [3.8, 4) is 63.1 Å². The van der Waals surface area contributed by atoms with E-state index in [-0.39, 0.29) is 62.5 Å². The van der Waals surface area contributed by atoms with Gasteiger partial charge in [0, 0.05) is 29.3 Å². The molecule has 0 bridgehead atoms. The molecule has 2 heterocycles. The summed E-state index contributed by atoms with van der Waals surface area (Å²) in [6.45, 7) is 1.83. The zero-order chi connectivity index (χ0) is 40.5. The number of rotatable bonds is 7. The molecule has 0 spiro atoms. The van der Waals surface area contributed by atoms with E-state index in [1.165, 1.54) is 44.2 Å². The highest BCUT2D eigenvalue weighted by Gasteiger charge is 2.36. The summed E-state index contributed by atoms with van der Waals surface area (Å²) in [4.78, 5) is 70.7. The number of phenolic OH excluding ortho intramolecular Hbond substituents is 4. The van der Waals surface area contributed by atoms with Crippen molar-refractivity contribution in [1.29, 1.82) is 0 Å². The lowest BCUT2D eigenvalue weighted by molar-refractivity contribution is -0.139. The highest BCUT2D eigenvalue weighted by Crippen LogP contribution is 2.50. The largest absolute Gasteiger partial charge is 0.508 e. The van der Waals surface area contributed by atoms with Crippen LogP contribution in [0.15, 0.2) is 63.8 Å². The van der Waals surface area contributed by atoms with Crippen molar-refractivity contribution in [1.82, 2.24) is 0 Å². The number of hydrogen-bond acceptors (Lipinski definition) is 16. The molecular weight excluding hydrogens is 732 g/mol. The van der Waals surface area contributed by atoms with Gasteiger partial charge >= 0.3 is 23.9 Å². The second kappa shape index (κ2) is 14.9. The van der Waals surface area contributed by atoms with Crippen molar-refractivity contribution < 1.29 is 83.5 Å². The average Bonchev–Trinajstić information content (AvgIpc) is 3.27. The van der Waals surface area contributed by atoms with E-state index in [4.69, 9.17) is 23.7 Å². The molecule has 0 amide bonds. The van der Waals surface area contributed by atoms with Crippen molar-refractivity contribution in [3.63, 3.8) is 0 Å². The Morgan fingerprint density at radius 3 is 2.13 bits per heavy atom. The van der Waals surface area contributed by atoms with E-state index in [0.29, 0.717) is 12.2 Å². The third-order valence-corrected chi connectivity index (χ3v) is 7.96. The highest BCUT2D eigenvalue weighted by molar-refractivity contribution is 6.03. The molecule has 0 saturated heterocycles. The smallest absolute Gasteiger partial charge is 0.347 e. The van der Waals surface area contributed by atoms with E-state index in [1.807, 2.05) is 0 Å². The standard InChI is InChI=1S/C22H16O12.C15H10O6/c1-8-5-12(24)10(6-23)19-15(8)22(31)34-20-11(7-32-14(27)4-3-13(25)26)17(28)16(21(29)30)9(2)18(20)33-19;16-8-2-3-9-12(6-8)21-15(14(20)13(9)19)7-1-4-10(17)11(18)5-7/h3-6,24,28H,7H2,1-2H3,(H,25,26)(H,29,30);1-6,16-18,20H. The topological polar surface area (TPSA) is 305 Å². The van der Waals surface area contributed by atoms with Crippen LogP contribution in [0.4, 0.5) is 0 Å². The maximum Gasteiger partial charge on any atom is 0.347 e. The number of aldehydes is 1. The van der Waals surface area contributed by atoms with Crippen molar-refractivity contribution in [2.45, 2.75) is 20.5 Å². The Kier molecular flexibility index (Phi) is 10.4. The lowest BCUT2D eigenvalue weighted by atomic mass is 10.0. The summed E-state index contributed by atoms with van der Waals surface area (Å²) in [5, 5.41) is 77.2. The Morgan fingerprint density at radius 1 is 0.782 bits per heavy atom. The molecule has 282 valence electrons. The van der Waals surface area contributed by atoms with Gasteiger partial charge in [0.05, 0.1) is 16.5 Å². The second-order valence-corrected chi connectivity index (χ2v) is 11.5. The quantitative estimate of drug-likeness (QED) is 0.0372. The fourth-order valence-electron chi connectivity index (χ4n) is 5.35. The number of fused-ring (bicyclic) bond motifs is 3. The van der Waals surface area contributed by atoms with Gasteiger partial charge < -0.3 is 59.5 Å². The number of carbonyl (C=O) groups excluding carboxylic acids is 3. The molecule has 0 aliphatic carbocycles. The number of esters is 2. The van der Waals surface area contributed by atoms with E-state index in [1.54, 1.807) is 0 Å². The first-order chi connectivity index (χ1) is 25.9. The predicted octanol–water partition coefficient (Wildman–Crippen LogP) is 4.52. The number of phenols is 5. The number of aryl methyl sites for hydroxylation is 1. The van der Waals surface area contributed by atoms with Crippen LogP contribution in [0.25, 0.3) is 22.3 Å². The van der Waals surface area contributed by atoms with Crippen molar-refractivity contribution in [2.24, 2.45) is 0 Å². The van der Waals surface area contributed by atoms with Gasteiger partial charge in [0.2, 0.25) is 11.2 Å². The molecule has 8 N–H and O–H groups in total. The number of benzene rings is 4. The molecular formula is C37H26O18. The molecule has 55 heavy (non-hydrogen) atoms. The van der Waals surface area contributed by atoms with Gasteiger partial charge in [-0.1, -0.05) is 0 Å². The fourth-order valence-corrected chi connectivity index (χ4v) is 5.35. The summed E-state index contributed by atoms with van der Waals surface area (Å²) in [6, 6.07) is 8.77. The number of carboxylic acid groups (broad SMARTS) is 2. The number of aromatic hydroxyl groups is 6. The minimum absolute atomic E-state index is 0.0872. The summed E-state index contributed by atoms with van der Waals surface area (Å²) < 4.78 is 21.3. The Balaban J connectivity index is 0.000000235. The maximum atomic E-state index is 12.9. The molecule has 1 aliphatic rings. The molecule has 6 rings (SSSR count). The van der Waals surface area contributed by atoms with Gasteiger partial charge in [-0.15, -0.1) is 0 Å². The third-order valence-electron chi connectivity index (χ3n) is 7.96. The molecule has 0 atom stereocenters. The van der Waals surface area contributed by atoms with Crippen molar-refractivity contribution in [2.75, 3.05) is 0 Å². The number of ether oxygens (including phenoxy) is 3. The first kappa shape index (κ1) is 38.2. The summed E-state index contributed by atoms with van der Waals surface area (Å²) in [5.41, 5.74) is -2.15. The molecule has 0 radical (unpaired) electrons. The van der Waals surface area contributed by atoms with Gasteiger partial charge in [0.15, 0.2) is 40.8 Å². The second-order valence-electron chi connectivity index (χ2n) is 11.5. The van der Waals surface area contributed by atoms with Crippen LogP contribution >= 0.6 is 0 Å². The predicted molar refractivity (Wildman–Crippen MR) is 184 cm³/mol. The van der Waals surface area contributed by atoms with Gasteiger partial charge in [-0.25, -0.2) is 19.2 Å². The first-order valence-electron chi connectivity index (χ1n) is 15.4. The maximum absolute atomic E-state index is 12.9. The lowest BCUT2D eigenvalue weighted by Crippen LogP contribution is -2.13. The molecule has 1 aliphatic heterocycles. The SMILES string of the molecule is Cc1cc(O)c(C=O)c2c1C(=O)Oc1c(COC(=O)C=CC(=O)O)c(O)c(C(=O)O)c(C)c1O2.O=c1c(O)c(-c2ccc(O)c(O)c2)oc2cc(O)ccc12. The van der Waals surface area contributed by atoms with E-state index >= 15 is 0 Å². The molecule has 18 heteroatoms. The Bertz CT molecular complexity index is 2560. The average molecular weight is 759 g/mol. The molecule has 5 aromatic rings. The third kappa shape index (κ3) is 7.35. The van der Waals surface area contributed by atoms with Crippen LogP contribution < -0.4 is 14.9 Å². The number of aromatic carboxylic acids is 1. The number of carbonyl (C=O) groups is 5. The summed E-state index contributed by atoms with van der Waals surface area (Å²) in [6.07, 6.45) is 1.30. The summed E-state index contributed by atoms with van der Waals surface area (Å²) in [7, 11) is 0. The minimum Gasteiger partial charge on any atom is -0.508 e. The zero-order valence-corrected chi connectivity index (χ0v) is 28.1. The van der Waals surface area contributed by atoms with Crippen LogP contribution in [0.3, 0.4) is 0 Å². The summed E-state index contributed by atoms with van der Waals surface area (Å²) >= 11 is 0. The monoisotopic (exact) mass is 758 g/mol. The lowest BCUT2D eigenvalue weighted by Gasteiger charge is -2.18. The Morgan fingerprint density at radius 2 is 1.49 bits per heavy atom. The normalized spacial score (nSPS) is 11.6. The Labute approximate surface area is 306 Å². The van der Waals surface area contributed by atoms with Gasteiger partial charge in [-0.05, 0) is 55.8 Å². The van der Waals surface area contributed by atoms with Crippen LogP contribution in [0.1, 0.15) is 47.8 Å². The van der Waals surface area contributed by atoms with Gasteiger partial charge in [0.1, 0.15) is 40.6 Å². The van der Waals surface area contributed by atoms with Crippen LogP contribution in [0, 0.1) is 13.8 Å². The molecule has 18 nitrogen and oxygen atoms in total. The first-order valence-corrected chi connectivity index (χ1v) is 15.4. The highest BCUT2D eigenvalue weighted by atomic mass is 16.6. The molecule has 0 fully saturated rings. The van der Waals surface area contributed by atoms with Crippen LogP contribution in [-0.2, 0) is 20.9 Å². The van der Waals surface area contributed by atoms with Crippen LogP contribution in [-0.4, -0.2) is 71.0 Å². The Hall–Kier alpha value is -8.02. The molecule has 4 aromatic carbocycles. The van der Waals surface area contributed by atoms with Crippen molar-refractivity contribution in [3.05, 3.63) is 98.2 Å². The van der Waals surface area contributed by atoms with Gasteiger partial charge in [0.25, 0.3) is 0 Å². The summed E-state index contributed by atoms with van der Waals surface area (Å²) in [5.74, 6) is -9.51. The molecule has 1 aromatic heterocycles. The van der Waals surface area contributed by atoms with Crippen LogP contribution in [0.2, 0.25) is 0 Å². The van der Waals surface area contributed by atoms with Crippen molar-refractivity contribution >= 4 is 41.1 Å². The van der Waals surface area contributed by atoms with E-state index in [2.05, 4.69) is 0 Å². The zero-order valence-electron chi connectivity index (χ0n) is 28.1. The fraction of sp³-hybridized carbons (Fsp3) is 0.0811. The number of hydrogen-bond donors (Lipinski definition) is 8. The van der Waals surface area contributed by atoms with E-state index < -0.39 is 87.1 Å². The molecule has 0 saturated carbocycles. The van der Waals surface area contributed by atoms with Crippen LogP contribution in [0.5, 0.6) is 51.7 Å². The minimum atomic E-state index is -1.60. The number of carboxylic acids is 2. The van der Waals surface area contributed by atoms with E-state index in [9.17, 15) is 64.5 Å². The number of aliphatic carboxylic acids is 1. The van der Waals surface area contributed by atoms with E-state index in [0.717, 1.165) is 12.1 Å². The van der Waals surface area contributed by atoms with Gasteiger partial charge in [-0.3, -0.25) is 9.59 Å². The molecule has 0 unspecified atom stereocenters.